The number of nitrogen functional groups attached to an aromatic ring is 1. The summed E-state index contributed by atoms with van der Waals surface area (Å²) in [5.74, 6) is -0.518. The van der Waals surface area contributed by atoms with Crippen LogP contribution in [0.15, 0.2) is 54.6 Å². The van der Waals surface area contributed by atoms with Crippen LogP contribution in [-0.4, -0.2) is 47.1 Å². The zero-order valence-corrected chi connectivity index (χ0v) is 17.7. The maximum atomic E-state index is 13.2. The Morgan fingerprint density at radius 1 is 1.16 bits per heavy atom. The number of rotatable bonds is 7. The Hall–Kier alpha value is -3.10. The highest BCUT2D eigenvalue weighted by atomic mass is 16.6. The Balaban J connectivity index is 1.64. The highest BCUT2D eigenvalue weighted by Crippen LogP contribution is 2.23. The van der Waals surface area contributed by atoms with Crippen LogP contribution in [0.4, 0.5) is 10.5 Å². The van der Waals surface area contributed by atoms with Gasteiger partial charge in [-0.3, -0.25) is 4.79 Å². The van der Waals surface area contributed by atoms with Crippen molar-refractivity contribution < 1.29 is 24.2 Å². The number of aliphatic hydroxyl groups excluding tert-OH is 1. The van der Waals surface area contributed by atoms with Crippen LogP contribution in [0.1, 0.15) is 25.0 Å². The average Bonchev–Trinajstić information content (AvgIpc) is 3.12. The number of benzene rings is 2. The molecule has 2 aromatic carbocycles. The maximum absolute atomic E-state index is 13.2. The van der Waals surface area contributed by atoms with Crippen molar-refractivity contribution in [2.75, 3.05) is 12.5 Å². The summed E-state index contributed by atoms with van der Waals surface area (Å²) in [6.07, 6.45) is -1.39. The molecule has 2 amide bonds. The van der Waals surface area contributed by atoms with E-state index in [1.165, 1.54) is 4.90 Å². The molecular weight excluding hydrogens is 398 g/mol. The molecule has 0 aliphatic carbocycles. The molecule has 3 atom stereocenters. The molecule has 0 bridgehead atoms. The van der Waals surface area contributed by atoms with Gasteiger partial charge >= 0.3 is 6.09 Å². The summed E-state index contributed by atoms with van der Waals surface area (Å²) in [6.45, 7) is 3.73. The minimum Gasteiger partial charge on any atom is -0.445 e. The van der Waals surface area contributed by atoms with E-state index in [0.29, 0.717) is 12.1 Å². The lowest BCUT2D eigenvalue weighted by Gasteiger charge is -2.30. The summed E-state index contributed by atoms with van der Waals surface area (Å²) in [5.41, 5.74) is 8.13. The van der Waals surface area contributed by atoms with Crippen LogP contribution < -0.4 is 11.1 Å². The van der Waals surface area contributed by atoms with Crippen LogP contribution in [0, 0.1) is 5.92 Å². The first kappa shape index (κ1) is 22.6. The number of hydrogen-bond donors (Lipinski definition) is 3. The predicted molar refractivity (Wildman–Crippen MR) is 116 cm³/mol. The van der Waals surface area contributed by atoms with Crippen LogP contribution in [0.3, 0.4) is 0 Å². The molecule has 0 radical (unpaired) electrons. The van der Waals surface area contributed by atoms with E-state index < -0.39 is 24.5 Å². The topological polar surface area (TPSA) is 114 Å². The number of carbonyl (C=O) groups excluding carboxylic acids is 2. The van der Waals surface area contributed by atoms with Gasteiger partial charge in [0.1, 0.15) is 19.4 Å². The number of nitrogens with one attached hydrogen (secondary N) is 1. The number of nitrogens with two attached hydrogens (primary N) is 1. The number of hydrogen-bond acceptors (Lipinski definition) is 6. The van der Waals surface area contributed by atoms with Gasteiger partial charge in [-0.1, -0.05) is 56.3 Å². The Bertz CT molecular complexity index is 873. The third kappa shape index (κ3) is 5.96. The summed E-state index contributed by atoms with van der Waals surface area (Å²) in [5, 5.41) is 12.9. The molecule has 2 aromatic rings. The number of ether oxygens (including phenoxy) is 2. The second kappa shape index (κ2) is 10.3. The maximum Gasteiger partial charge on any atom is 0.408 e. The van der Waals surface area contributed by atoms with Crippen molar-refractivity contribution in [2.24, 2.45) is 5.92 Å². The van der Waals surface area contributed by atoms with Crippen LogP contribution in [-0.2, 0) is 27.3 Å². The number of carbonyl (C=O) groups is 2. The molecule has 166 valence electrons. The van der Waals surface area contributed by atoms with Gasteiger partial charge in [0.25, 0.3) is 0 Å². The van der Waals surface area contributed by atoms with Crippen LogP contribution >= 0.6 is 0 Å². The molecule has 3 rings (SSSR count). The van der Waals surface area contributed by atoms with E-state index in [1.807, 2.05) is 56.3 Å². The molecule has 4 N–H and O–H groups in total. The third-order valence-electron chi connectivity index (χ3n) is 5.24. The van der Waals surface area contributed by atoms with Crippen molar-refractivity contribution in [3.05, 3.63) is 65.7 Å². The lowest BCUT2D eigenvalue weighted by atomic mass is 10.00. The highest BCUT2D eigenvalue weighted by molar-refractivity contribution is 5.86. The molecule has 3 unspecified atom stereocenters. The van der Waals surface area contributed by atoms with E-state index in [4.69, 9.17) is 15.2 Å². The number of aliphatic hydroxyl groups is 1. The molecule has 1 aliphatic rings. The minimum atomic E-state index is -1.11. The Kier molecular flexibility index (Phi) is 7.49. The van der Waals surface area contributed by atoms with Crippen molar-refractivity contribution >= 4 is 17.7 Å². The summed E-state index contributed by atoms with van der Waals surface area (Å²) < 4.78 is 10.6. The summed E-state index contributed by atoms with van der Waals surface area (Å²) >= 11 is 0. The summed E-state index contributed by atoms with van der Waals surface area (Å²) in [6, 6.07) is 15.1. The molecule has 0 aromatic heterocycles. The van der Waals surface area contributed by atoms with Crippen molar-refractivity contribution in [1.29, 1.82) is 0 Å². The quantitative estimate of drug-likeness (QED) is 0.584. The van der Waals surface area contributed by atoms with Gasteiger partial charge in [-0.05, 0) is 35.6 Å². The molecular formula is C23H29N3O5. The molecule has 1 saturated heterocycles. The number of nitrogens with zero attached hydrogens (tertiary/aromatic N) is 1. The molecule has 0 spiro atoms. The second-order valence-electron chi connectivity index (χ2n) is 7.94. The monoisotopic (exact) mass is 427 g/mol. The van der Waals surface area contributed by atoms with Gasteiger partial charge < -0.3 is 30.5 Å². The number of alkyl carbamates (subject to hydrolysis) is 1. The van der Waals surface area contributed by atoms with Crippen LogP contribution in [0.25, 0.3) is 0 Å². The fraction of sp³-hybridized carbons (Fsp3) is 0.391. The first-order valence-electron chi connectivity index (χ1n) is 10.3. The van der Waals surface area contributed by atoms with Crippen molar-refractivity contribution in [3.8, 4) is 0 Å². The Morgan fingerprint density at radius 2 is 1.84 bits per heavy atom. The highest BCUT2D eigenvalue weighted by Gasteiger charge is 2.40. The first-order valence-corrected chi connectivity index (χ1v) is 10.3. The smallest absolute Gasteiger partial charge is 0.408 e. The molecule has 8 nitrogen and oxygen atoms in total. The molecule has 31 heavy (non-hydrogen) atoms. The average molecular weight is 428 g/mol. The standard InChI is InChI=1S/C23H29N3O5/c1-15(2)20(25-23(29)30-13-17-6-4-3-5-7-17)21(27)26-14-31-22(28)19(26)12-16-8-10-18(24)11-9-16/h3-11,15,19-20,22,28H,12-14,24H2,1-2H3,(H,25,29). The van der Waals surface area contributed by atoms with Crippen molar-refractivity contribution in [2.45, 2.75) is 45.2 Å². The van der Waals surface area contributed by atoms with Crippen LogP contribution in [0.5, 0.6) is 0 Å². The van der Waals surface area contributed by atoms with E-state index in [1.54, 1.807) is 12.1 Å². The summed E-state index contributed by atoms with van der Waals surface area (Å²) in [4.78, 5) is 27.0. The fourth-order valence-corrected chi connectivity index (χ4v) is 3.43. The van der Waals surface area contributed by atoms with Gasteiger partial charge in [-0.25, -0.2) is 4.79 Å². The number of amides is 2. The number of anilines is 1. The van der Waals surface area contributed by atoms with Crippen molar-refractivity contribution in [1.82, 2.24) is 10.2 Å². The fourth-order valence-electron chi connectivity index (χ4n) is 3.43. The van der Waals surface area contributed by atoms with E-state index >= 15 is 0 Å². The van der Waals surface area contributed by atoms with Gasteiger partial charge in [-0.2, -0.15) is 0 Å². The normalized spacial score (nSPS) is 19.3. The zero-order valence-electron chi connectivity index (χ0n) is 17.7. The lowest BCUT2D eigenvalue weighted by molar-refractivity contribution is -0.136. The second-order valence-corrected chi connectivity index (χ2v) is 7.94. The minimum absolute atomic E-state index is 0.0520. The third-order valence-corrected chi connectivity index (χ3v) is 5.24. The first-order chi connectivity index (χ1) is 14.8. The van der Waals surface area contributed by atoms with Gasteiger partial charge in [-0.15, -0.1) is 0 Å². The SMILES string of the molecule is CC(C)C(NC(=O)OCc1ccccc1)C(=O)N1COC(O)C1Cc1ccc(N)cc1. The molecule has 1 fully saturated rings. The van der Waals surface area contributed by atoms with Gasteiger partial charge in [0.05, 0.1) is 6.04 Å². The van der Waals surface area contributed by atoms with E-state index in [-0.39, 0.29) is 25.2 Å². The van der Waals surface area contributed by atoms with Gasteiger partial charge in [0.15, 0.2) is 6.29 Å². The van der Waals surface area contributed by atoms with Crippen molar-refractivity contribution in [3.63, 3.8) is 0 Å². The van der Waals surface area contributed by atoms with E-state index in [9.17, 15) is 14.7 Å². The molecule has 0 saturated carbocycles. The van der Waals surface area contributed by atoms with Gasteiger partial charge in [0, 0.05) is 5.69 Å². The molecule has 8 heteroatoms. The summed E-state index contributed by atoms with van der Waals surface area (Å²) in [7, 11) is 0. The largest absolute Gasteiger partial charge is 0.445 e. The van der Waals surface area contributed by atoms with E-state index in [2.05, 4.69) is 5.32 Å². The molecule has 1 heterocycles. The molecule has 1 aliphatic heterocycles. The van der Waals surface area contributed by atoms with E-state index in [0.717, 1.165) is 11.1 Å². The lowest BCUT2D eigenvalue weighted by Crippen LogP contribution is -2.53. The Morgan fingerprint density at radius 3 is 2.48 bits per heavy atom. The van der Waals surface area contributed by atoms with Crippen LogP contribution in [0.2, 0.25) is 0 Å². The Labute approximate surface area is 181 Å². The zero-order chi connectivity index (χ0) is 22.4. The van der Waals surface area contributed by atoms with Gasteiger partial charge in [0.2, 0.25) is 5.91 Å². The predicted octanol–water partition coefficient (Wildman–Crippen LogP) is 2.27.